The number of carboxylic acid groups (broad SMARTS) is 1. The van der Waals surface area contributed by atoms with Crippen molar-refractivity contribution in [3.8, 4) is 0 Å². The van der Waals surface area contributed by atoms with E-state index in [2.05, 4.69) is 11.4 Å². The van der Waals surface area contributed by atoms with E-state index in [1.165, 1.54) is 0 Å². The summed E-state index contributed by atoms with van der Waals surface area (Å²) in [6, 6.07) is 19.9. The van der Waals surface area contributed by atoms with Crippen LogP contribution in [0.1, 0.15) is 30.4 Å². The van der Waals surface area contributed by atoms with Crippen molar-refractivity contribution in [2.24, 2.45) is 0 Å². The van der Waals surface area contributed by atoms with E-state index in [0.717, 1.165) is 35.3 Å². The van der Waals surface area contributed by atoms with Crippen molar-refractivity contribution in [2.75, 3.05) is 10.2 Å². The van der Waals surface area contributed by atoms with Crippen LogP contribution in [0.15, 0.2) is 66.7 Å². The van der Waals surface area contributed by atoms with Crippen LogP contribution in [0.3, 0.4) is 0 Å². The second-order valence-electron chi connectivity index (χ2n) is 8.58. The van der Waals surface area contributed by atoms with Gasteiger partial charge in [0.05, 0.1) is 26.8 Å². The van der Waals surface area contributed by atoms with Crippen LogP contribution in [0.25, 0.3) is 0 Å². The fourth-order valence-corrected chi connectivity index (χ4v) is 5.07. The van der Waals surface area contributed by atoms with E-state index in [9.17, 15) is 14.7 Å². The van der Waals surface area contributed by atoms with E-state index in [1.54, 1.807) is 18.2 Å². The number of amides is 1. The number of carbonyl (C=O) groups is 2. The number of hydrogen-bond donors (Lipinski definition) is 2. The zero-order chi connectivity index (χ0) is 23.2. The van der Waals surface area contributed by atoms with Crippen LogP contribution in [-0.4, -0.2) is 23.0 Å². The summed E-state index contributed by atoms with van der Waals surface area (Å²) in [4.78, 5) is 26.8. The van der Waals surface area contributed by atoms with Crippen LogP contribution in [0.4, 0.5) is 17.1 Å². The Balaban J connectivity index is 1.30. The highest BCUT2D eigenvalue weighted by atomic mass is 35.5. The summed E-state index contributed by atoms with van der Waals surface area (Å²) in [5.74, 6) is -0.834. The molecule has 1 aliphatic carbocycles. The van der Waals surface area contributed by atoms with Gasteiger partial charge < -0.3 is 10.4 Å². The minimum absolute atomic E-state index is 0.142. The van der Waals surface area contributed by atoms with Crippen LogP contribution in [0, 0.1) is 0 Å². The molecule has 0 saturated heterocycles. The Bertz CT molecular complexity index is 1220. The number of fused-ring (bicyclic) bond motifs is 2. The highest BCUT2D eigenvalue weighted by Crippen LogP contribution is 2.58. The molecule has 2 N–H and O–H groups in total. The summed E-state index contributed by atoms with van der Waals surface area (Å²) in [7, 11) is 0. The van der Waals surface area contributed by atoms with Crippen LogP contribution >= 0.6 is 23.2 Å². The summed E-state index contributed by atoms with van der Waals surface area (Å²) in [5.41, 5.74) is 3.97. The lowest BCUT2D eigenvalue weighted by Gasteiger charge is -2.19. The smallest absolute Gasteiger partial charge is 0.326 e. The molecule has 5 rings (SSSR count). The molecule has 0 radical (unpaired) electrons. The van der Waals surface area contributed by atoms with Crippen molar-refractivity contribution in [3.05, 3.63) is 87.9 Å². The van der Waals surface area contributed by atoms with E-state index < -0.39 is 12.0 Å². The van der Waals surface area contributed by atoms with E-state index in [-0.39, 0.29) is 11.3 Å². The average molecular weight is 481 g/mol. The monoisotopic (exact) mass is 480 g/mol. The standard InChI is InChI=1S/C26H22Cl2N2O3/c27-19-5-3-6-20(28)23(19)29-21(24(31)32)13-10-16-8-11-17(12-9-16)30-22-7-2-1-4-18(22)26(14-15-26)25(30)33/h1-9,11-12,21,29H,10,13-15H2,(H,31,32)/t21-/m0/s1. The number of carbonyl (C=O) groups excluding carboxylic acids is 1. The van der Waals surface area contributed by atoms with Gasteiger partial charge in [-0.15, -0.1) is 0 Å². The maximum absolute atomic E-state index is 13.2. The zero-order valence-electron chi connectivity index (χ0n) is 17.7. The highest BCUT2D eigenvalue weighted by molar-refractivity contribution is 6.39. The average Bonchev–Trinajstić information content (AvgIpc) is 3.57. The van der Waals surface area contributed by atoms with E-state index in [0.29, 0.717) is 28.6 Å². The Morgan fingerprint density at radius 1 is 1.00 bits per heavy atom. The number of benzene rings is 3. The van der Waals surface area contributed by atoms with Gasteiger partial charge in [0, 0.05) is 5.69 Å². The number of nitrogens with zero attached hydrogens (tertiary/aromatic N) is 1. The molecule has 1 saturated carbocycles. The molecule has 33 heavy (non-hydrogen) atoms. The summed E-state index contributed by atoms with van der Waals surface area (Å²) < 4.78 is 0. The van der Waals surface area contributed by atoms with Gasteiger partial charge in [-0.05, 0) is 67.1 Å². The summed E-state index contributed by atoms with van der Waals surface area (Å²) in [5, 5.41) is 13.4. The van der Waals surface area contributed by atoms with Crippen LogP contribution in [0.5, 0.6) is 0 Å². The Labute approximate surface area is 201 Å². The Kier molecular flexibility index (Phi) is 5.55. The fourth-order valence-electron chi connectivity index (χ4n) is 4.57. The minimum Gasteiger partial charge on any atom is -0.480 e. The fraction of sp³-hybridized carbons (Fsp3) is 0.231. The molecule has 1 spiro atoms. The summed E-state index contributed by atoms with van der Waals surface area (Å²) >= 11 is 12.4. The molecule has 1 fully saturated rings. The molecule has 7 heteroatoms. The number of para-hydroxylation sites is 2. The third kappa shape index (κ3) is 3.85. The normalized spacial score (nSPS) is 16.5. The van der Waals surface area contributed by atoms with Gasteiger partial charge in [-0.2, -0.15) is 0 Å². The minimum atomic E-state index is -0.975. The van der Waals surface area contributed by atoms with Gasteiger partial charge in [-0.25, -0.2) is 4.79 Å². The molecular weight excluding hydrogens is 459 g/mol. The van der Waals surface area contributed by atoms with Crippen molar-refractivity contribution in [2.45, 2.75) is 37.1 Å². The lowest BCUT2D eigenvalue weighted by atomic mass is 9.98. The zero-order valence-corrected chi connectivity index (χ0v) is 19.2. The second-order valence-corrected chi connectivity index (χ2v) is 9.39. The molecule has 3 aromatic rings. The van der Waals surface area contributed by atoms with Crippen molar-refractivity contribution in [3.63, 3.8) is 0 Å². The highest BCUT2D eigenvalue weighted by Gasteiger charge is 2.59. The quantitative estimate of drug-likeness (QED) is 0.422. The van der Waals surface area contributed by atoms with E-state index in [4.69, 9.17) is 23.2 Å². The Morgan fingerprint density at radius 2 is 1.67 bits per heavy atom. The molecule has 1 atom stereocenters. The number of carboxylic acids is 1. The predicted molar refractivity (Wildman–Crippen MR) is 131 cm³/mol. The number of nitrogens with one attached hydrogen (secondary N) is 1. The van der Waals surface area contributed by atoms with Gasteiger partial charge >= 0.3 is 5.97 Å². The lowest BCUT2D eigenvalue weighted by molar-refractivity contribution is -0.138. The lowest BCUT2D eigenvalue weighted by Crippen LogP contribution is -2.30. The number of aliphatic carboxylic acids is 1. The van der Waals surface area contributed by atoms with Gasteiger partial charge in [0.25, 0.3) is 0 Å². The third-order valence-corrected chi connectivity index (χ3v) is 7.15. The Hall–Kier alpha value is -3.02. The van der Waals surface area contributed by atoms with Crippen LogP contribution in [-0.2, 0) is 21.4 Å². The van der Waals surface area contributed by atoms with Gasteiger partial charge in [-0.3, -0.25) is 9.69 Å². The third-order valence-electron chi connectivity index (χ3n) is 6.52. The van der Waals surface area contributed by atoms with Gasteiger partial charge in [0.2, 0.25) is 5.91 Å². The molecule has 168 valence electrons. The SMILES string of the molecule is O=C(O)[C@H](CCc1ccc(N2C(=O)C3(CC3)c3ccccc32)cc1)Nc1c(Cl)cccc1Cl. The van der Waals surface area contributed by atoms with Crippen molar-refractivity contribution in [1.82, 2.24) is 0 Å². The number of aryl methyl sites for hydroxylation is 1. The first-order valence-corrected chi connectivity index (χ1v) is 11.6. The molecule has 1 aliphatic heterocycles. The van der Waals surface area contributed by atoms with Crippen LogP contribution < -0.4 is 10.2 Å². The summed E-state index contributed by atoms with van der Waals surface area (Å²) in [6.07, 6.45) is 2.69. The molecular formula is C26H22Cl2N2O3. The molecule has 1 amide bonds. The maximum Gasteiger partial charge on any atom is 0.326 e. The molecule has 0 unspecified atom stereocenters. The molecule has 0 aromatic heterocycles. The molecule has 2 aliphatic rings. The molecule has 0 bridgehead atoms. The van der Waals surface area contributed by atoms with Crippen molar-refractivity contribution >= 4 is 52.1 Å². The first-order valence-electron chi connectivity index (χ1n) is 10.9. The van der Waals surface area contributed by atoms with Gasteiger partial charge in [0.1, 0.15) is 6.04 Å². The molecule has 5 nitrogen and oxygen atoms in total. The summed E-state index contributed by atoms with van der Waals surface area (Å²) in [6.45, 7) is 0. The Morgan fingerprint density at radius 3 is 2.30 bits per heavy atom. The van der Waals surface area contributed by atoms with Crippen molar-refractivity contribution < 1.29 is 14.7 Å². The molecule has 1 heterocycles. The first kappa shape index (κ1) is 21.8. The predicted octanol–water partition coefficient (Wildman–Crippen LogP) is 6.20. The number of hydrogen-bond acceptors (Lipinski definition) is 3. The van der Waals surface area contributed by atoms with Crippen LogP contribution in [0.2, 0.25) is 10.0 Å². The van der Waals surface area contributed by atoms with Crippen molar-refractivity contribution in [1.29, 1.82) is 0 Å². The largest absolute Gasteiger partial charge is 0.480 e. The second kappa shape index (κ2) is 8.40. The number of halogens is 2. The van der Waals surface area contributed by atoms with Gasteiger partial charge in [-0.1, -0.05) is 59.6 Å². The van der Waals surface area contributed by atoms with E-state index >= 15 is 0 Å². The van der Waals surface area contributed by atoms with Gasteiger partial charge in [0.15, 0.2) is 0 Å². The maximum atomic E-state index is 13.2. The number of anilines is 3. The number of rotatable bonds is 7. The molecule has 3 aromatic carbocycles. The first-order chi connectivity index (χ1) is 15.9. The topological polar surface area (TPSA) is 69.6 Å². The van der Waals surface area contributed by atoms with E-state index in [1.807, 2.05) is 47.4 Å².